The highest BCUT2D eigenvalue weighted by atomic mass is 19.4. The summed E-state index contributed by atoms with van der Waals surface area (Å²) in [6.45, 7) is 0. The van der Waals surface area contributed by atoms with Gasteiger partial charge in [0.05, 0.1) is 11.1 Å². The molecule has 0 unspecified atom stereocenters. The summed E-state index contributed by atoms with van der Waals surface area (Å²) in [7, 11) is 0. The number of carbonyl (C=O) groups is 1. The lowest BCUT2D eigenvalue weighted by atomic mass is 10.1. The molecule has 22 heavy (non-hydrogen) atoms. The average molecular weight is 304 g/mol. The van der Waals surface area contributed by atoms with Crippen molar-refractivity contribution < 1.29 is 18.0 Å². The molecule has 1 amide bonds. The molecule has 0 radical (unpaired) electrons. The number of amides is 1. The first kappa shape index (κ1) is 14.2. The second-order valence-corrected chi connectivity index (χ2v) is 4.76. The van der Waals surface area contributed by atoms with Crippen LogP contribution < -0.4 is 5.43 Å². The molecule has 0 aliphatic rings. The van der Waals surface area contributed by atoms with Crippen molar-refractivity contribution in [3.05, 3.63) is 71.9 Å². The molecule has 0 aliphatic carbocycles. The lowest BCUT2D eigenvalue weighted by molar-refractivity contribution is -0.137. The average Bonchev–Trinajstić information content (AvgIpc) is 2.90. The van der Waals surface area contributed by atoms with Crippen LogP contribution in [0.3, 0.4) is 0 Å². The first-order chi connectivity index (χ1) is 10.4. The monoisotopic (exact) mass is 304 g/mol. The predicted octanol–water partition coefficient (Wildman–Crippen LogP) is 4.04. The lowest BCUT2D eigenvalue weighted by Crippen LogP contribution is -2.22. The molecule has 0 saturated carbocycles. The number of nitrogens with one attached hydrogen (secondary N) is 1. The summed E-state index contributed by atoms with van der Waals surface area (Å²) in [5.41, 5.74) is 2.44. The van der Waals surface area contributed by atoms with E-state index in [2.05, 4.69) is 5.43 Å². The zero-order chi connectivity index (χ0) is 15.7. The quantitative estimate of drug-likeness (QED) is 0.761. The summed E-state index contributed by atoms with van der Waals surface area (Å²) in [6, 6.07) is 13.5. The first-order valence-electron chi connectivity index (χ1n) is 6.50. The van der Waals surface area contributed by atoms with E-state index in [1.807, 2.05) is 30.3 Å². The molecule has 0 bridgehead atoms. The van der Waals surface area contributed by atoms with Gasteiger partial charge < -0.3 is 0 Å². The van der Waals surface area contributed by atoms with Crippen LogP contribution in [0.25, 0.3) is 10.9 Å². The van der Waals surface area contributed by atoms with E-state index < -0.39 is 17.6 Å². The number of para-hydroxylation sites is 1. The van der Waals surface area contributed by atoms with Crippen molar-refractivity contribution >= 4 is 16.8 Å². The Morgan fingerprint density at radius 1 is 1.00 bits per heavy atom. The lowest BCUT2D eigenvalue weighted by Gasteiger charge is -2.10. The number of aromatic nitrogens is 1. The molecule has 0 atom stereocenters. The minimum atomic E-state index is -4.48. The Kier molecular flexibility index (Phi) is 3.36. The largest absolute Gasteiger partial charge is 0.416 e. The minimum Gasteiger partial charge on any atom is -0.267 e. The Labute approximate surface area is 123 Å². The van der Waals surface area contributed by atoms with Crippen molar-refractivity contribution in [3.63, 3.8) is 0 Å². The Hall–Kier alpha value is -2.76. The van der Waals surface area contributed by atoms with Gasteiger partial charge >= 0.3 is 6.18 Å². The van der Waals surface area contributed by atoms with Crippen LogP contribution in [0.1, 0.15) is 15.9 Å². The maximum absolute atomic E-state index is 12.7. The molecule has 0 spiro atoms. The molecule has 2 aromatic carbocycles. The molecule has 0 aliphatic heterocycles. The number of nitrogens with zero attached hydrogens (tertiary/aromatic N) is 1. The fourth-order valence-corrected chi connectivity index (χ4v) is 2.19. The molecule has 112 valence electrons. The normalized spacial score (nSPS) is 11.6. The molecule has 0 saturated heterocycles. The van der Waals surface area contributed by atoms with Gasteiger partial charge in [0.15, 0.2) is 0 Å². The van der Waals surface area contributed by atoms with Gasteiger partial charge in [-0.25, -0.2) is 0 Å². The van der Waals surface area contributed by atoms with Crippen LogP contribution in [0.4, 0.5) is 13.2 Å². The van der Waals surface area contributed by atoms with Crippen LogP contribution in [0, 0.1) is 0 Å². The number of rotatable bonds is 2. The zero-order valence-electron chi connectivity index (χ0n) is 11.3. The number of benzene rings is 2. The SMILES string of the molecule is O=C(Nn1ccc2ccccc21)c1cccc(C(F)(F)F)c1. The van der Waals surface area contributed by atoms with Gasteiger partial charge in [-0.05, 0) is 30.3 Å². The summed E-state index contributed by atoms with van der Waals surface area (Å²) in [5.74, 6) is -0.604. The predicted molar refractivity (Wildman–Crippen MR) is 77.1 cm³/mol. The third-order valence-electron chi connectivity index (χ3n) is 3.27. The van der Waals surface area contributed by atoms with Gasteiger partial charge in [-0.2, -0.15) is 13.2 Å². The summed E-state index contributed by atoms with van der Waals surface area (Å²) in [6.07, 6.45) is -2.83. The van der Waals surface area contributed by atoms with E-state index in [-0.39, 0.29) is 5.56 Å². The van der Waals surface area contributed by atoms with Gasteiger partial charge in [0.25, 0.3) is 5.91 Å². The Bertz CT molecular complexity index is 837. The number of hydrogen-bond acceptors (Lipinski definition) is 1. The van der Waals surface area contributed by atoms with Gasteiger partial charge in [-0.15, -0.1) is 0 Å². The Morgan fingerprint density at radius 3 is 2.55 bits per heavy atom. The standard InChI is InChI=1S/C16H11F3N2O/c17-16(18,19)13-6-3-5-12(10-13)15(22)20-21-9-8-11-4-1-2-7-14(11)21/h1-10H,(H,20,22). The second kappa shape index (κ2) is 5.22. The zero-order valence-corrected chi connectivity index (χ0v) is 11.3. The topological polar surface area (TPSA) is 34.0 Å². The molecule has 3 nitrogen and oxygen atoms in total. The van der Waals surface area contributed by atoms with Gasteiger partial charge in [0.1, 0.15) is 0 Å². The van der Waals surface area contributed by atoms with E-state index in [1.54, 1.807) is 6.20 Å². The van der Waals surface area contributed by atoms with Gasteiger partial charge in [-0.3, -0.25) is 14.9 Å². The number of carbonyl (C=O) groups excluding carboxylic acids is 1. The van der Waals surface area contributed by atoms with Gasteiger partial charge in [0, 0.05) is 17.1 Å². The highest BCUT2D eigenvalue weighted by Crippen LogP contribution is 2.29. The van der Waals surface area contributed by atoms with Crippen LogP contribution in [0.15, 0.2) is 60.8 Å². The molecule has 3 aromatic rings. The van der Waals surface area contributed by atoms with E-state index in [1.165, 1.54) is 16.8 Å². The van der Waals surface area contributed by atoms with Crippen molar-refractivity contribution in [2.24, 2.45) is 0 Å². The molecule has 6 heteroatoms. The number of alkyl halides is 3. The van der Waals surface area contributed by atoms with Crippen molar-refractivity contribution in [3.8, 4) is 0 Å². The van der Waals surface area contributed by atoms with Gasteiger partial charge in [0.2, 0.25) is 0 Å². The third-order valence-corrected chi connectivity index (χ3v) is 3.27. The van der Waals surface area contributed by atoms with Crippen molar-refractivity contribution in [2.75, 3.05) is 5.43 Å². The summed E-state index contributed by atoms with van der Waals surface area (Å²) < 4.78 is 39.5. The van der Waals surface area contributed by atoms with Crippen LogP contribution in [0.2, 0.25) is 0 Å². The fraction of sp³-hybridized carbons (Fsp3) is 0.0625. The molecular formula is C16H11F3N2O. The Balaban J connectivity index is 1.89. The molecule has 0 fully saturated rings. The maximum atomic E-state index is 12.7. The third kappa shape index (κ3) is 2.67. The van der Waals surface area contributed by atoms with Crippen LogP contribution >= 0.6 is 0 Å². The van der Waals surface area contributed by atoms with E-state index in [0.717, 1.165) is 23.0 Å². The van der Waals surface area contributed by atoms with Crippen molar-refractivity contribution in [1.29, 1.82) is 0 Å². The first-order valence-corrected chi connectivity index (χ1v) is 6.50. The van der Waals surface area contributed by atoms with E-state index >= 15 is 0 Å². The Morgan fingerprint density at radius 2 is 1.77 bits per heavy atom. The highest BCUT2D eigenvalue weighted by molar-refractivity contribution is 6.01. The van der Waals surface area contributed by atoms with Crippen LogP contribution in [-0.4, -0.2) is 10.6 Å². The molecular weight excluding hydrogens is 293 g/mol. The van der Waals surface area contributed by atoms with Crippen molar-refractivity contribution in [2.45, 2.75) is 6.18 Å². The van der Waals surface area contributed by atoms with E-state index in [4.69, 9.17) is 0 Å². The number of fused-ring (bicyclic) bond motifs is 1. The smallest absolute Gasteiger partial charge is 0.267 e. The van der Waals surface area contributed by atoms with E-state index in [0.29, 0.717) is 0 Å². The van der Waals surface area contributed by atoms with Gasteiger partial charge in [-0.1, -0.05) is 24.3 Å². The molecule has 1 N–H and O–H groups in total. The van der Waals surface area contributed by atoms with E-state index in [9.17, 15) is 18.0 Å². The highest BCUT2D eigenvalue weighted by Gasteiger charge is 2.30. The fourth-order valence-electron chi connectivity index (χ4n) is 2.19. The minimum absolute atomic E-state index is 0.0485. The van der Waals surface area contributed by atoms with Crippen LogP contribution in [0.5, 0.6) is 0 Å². The summed E-state index contributed by atoms with van der Waals surface area (Å²) >= 11 is 0. The molecule has 1 aromatic heterocycles. The maximum Gasteiger partial charge on any atom is 0.416 e. The molecule has 3 rings (SSSR count). The second-order valence-electron chi connectivity index (χ2n) is 4.76. The summed E-state index contributed by atoms with van der Waals surface area (Å²) in [4.78, 5) is 12.1. The van der Waals surface area contributed by atoms with Crippen molar-refractivity contribution in [1.82, 2.24) is 4.68 Å². The number of hydrogen-bond donors (Lipinski definition) is 1. The number of halogens is 3. The summed E-state index contributed by atoms with van der Waals surface area (Å²) in [5, 5.41) is 0.923. The molecule has 1 heterocycles. The van der Waals surface area contributed by atoms with Crippen LogP contribution in [-0.2, 0) is 6.18 Å².